The Labute approximate surface area is 141 Å². The number of carbonyl (C=O) groups excluding carboxylic acids is 2. The Balaban J connectivity index is 1.92. The summed E-state index contributed by atoms with van der Waals surface area (Å²) in [6.45, 7) is 3.42. The van der Waals surface area contributed by atoms with Gasteiger partial charge >= 0.3 is 0 Å². The third-order valence-corrected chi connectivity index (χ3v) is 3.50. The maximum absolute atomic E-state index is 12.1. The topological polar surface area (TPSA) is 78.7 Å². The monoisotopic (exact) mass is 330 g/mol. The minimum absolute atomic E-state index is 0.168. The van der Waals surface area contributed by atoms with Gasteiger partial charge in [0.1, 0.15) is 5.76 Å². The first kappa shape index (κ1) is 17.5. The van der Waals surface area contributed by atoms with E-state index in [4.69, 9.17) is 4.52 Å². The van der Waals surface area contributed by atoms with E-state index in [1.807, 2.05) is 43.3 Å². The van der Waals surface area contributed by atoms with E-state index in [0.717, 1.165) is 11.4 Å². The van der Waals surface area contributed by atoms with E-state index in [9.17, 15) is 9.59 Å². The van der Waals surface area contributed by atoms with E-state index in [1.165, 1.54) is 11.8 Å². The molecule has 1 heterocycles. The van der Waals surface area contributed by atoms with Crippen molar-refractivity contribution in [2.24, 2.45) is 0 Å². The van der Waals surface area contributed by atoms with Gasteiger partial charge in [-0.15, -0.1) is 0 Å². The van der Waals surface area contributed by atoms with Gasteiger partial charge in [0.05, 0.1) is 0 Å². The van der Waals surface area contributed by atoms with Gasteiger partial charge in [-0.2, -0.15) is 0 Å². The molecule has 24 heavy (non-hydrogen) atoms. The summed E-state index contributed by atoms with van der Waals surface area (Å²) in [6, 6.07) is 9.21. The van der Waals surface area contributed by atoms with E-state index in [1.54, 1.807) is 13.0 Å². The second-order valence-electron chi connectivity index (χ2n) is 5.71. The van der Waals surface area contributed by atoms with Crippen molar-refractivity contribution in [3.63, 3.8) is 0 Å². The van der Waals surface area contributed by atoms with Crippen LogP contribution in [0.5, 0.6) is 0 Å². The Morgan fingerprint density at radius 1 is 1.21 bits per heavy atom. The number of hydrogen-bond donors (Lipinski definition) is 1. The van der Waals surface area contributed by atoms with Gasteiger partial charge in [0, 0.05) is 51.4 Å². The Morgan fingerprint density at radius 2 is 1.88 bits per heavy atom. The predicted molar refractivity (Wildman–Crippen MR) is 93.3 cm³/mol. The lowest BCUT2D eigenvalue weighted by molar-refractivity contribution is -0.117. The highest BCUT2D eigenvalue weighted by Crippen LogP contribution is 2.17. The first-order valence-electron chi connectivity index (χ1n) is 7.65. The summed E-state index contributed by atoms with van der Waals surface area (Å²) in [5.74, 6) is 0.676. The second kappa shape index (κ2) is 7.63. The molecule has 7 heteroatoms. The number of aromatic nitrogens is 1. The van der Waals surface area contributed by atoms with Crippen LogP contribution in [0.15, 0.2) is 34.9 Å². The molecule has 128 valence electrons. The summed E-state index contributed by atoms with van der Waals surface area (Å²) < 4.78 is 4.98. The third-order valence-electron chi connectivity index (χ3n) is 3.50. The van der Waals surface area contributed by atoms with Crippen LogP contribution in [-0.4, -0.2) is 37.6 Å². The Kier molecular flexibility index (Phi) is 5.57. The maximum Gasteiger partial charge on any atom is 0.226 e. The van der Waals surface area contributed by atoms with Crippen molar-refractivity contribution in [1.82, 2.24) is 5.16 Å². The summed E-state index contributed by atoms with van der Waals surface area (Å²) in [5.41, 5.74) is 1.77. The molecule has 0 aliphatic rings. The van der Waals surface area contributed by atoms with Crippen LogP contribution in [0.3, 0.4) is 0 Å². The average molecular weight is 330 g/mol. The predicted octanol–water partition coefficient (Wildman–Crippen LogP) is 2.43. The second-order valence-corrected chi connectivity index (χ2v) is 5.71. The number of rotatable bonds is 6. The molecule has 0 atom stereocenters. The van der Waals surface area contributed by atoms with Crippen LogP contribution in [0.1, 0.15) is 19.1 Å². The maximum atomic E-state index is 12.1. The molecule has 1 aromatic heterocycles. The van der Waals surface area contributed by atoms with Gasteiger partial charge in [-0.05, 0) is 31.2 Å². The molecule has 1 N–H and O–H groups in total. The molecule has 0 fully saturated rings. The normalized spacial score (nSPS) is 10.3. The standard InChI is InChI=1S/C17H22N4O3/c1-12-11-16(19-24-12)21(13(2)22)10-9-17(23)18-14-5-7-15(8-6-14)20(3)4/h5-8,11H,9-10H2,1-4H3,(H,18,23). The van der Waals surface area contributed by atoms with Crippen molar-refractivity contribution in [2.45, 2.75) is 20.3 Å². The summed E-state index contributed by atoms with van der Waals surface area (Å²) in [5, 5.41) is 6.64. The number of benzene rings is 1. The third kappa shape index (κ3) is 4.58. The largest absolute Gasteiger partial charge is 0.378 e. The first-order valence-corrected chi connectivity index (χ1v) is 7.65. The quantitative estimate of drug-likeness (QED) is 0.880. The lowest BCUT2D eigenvalue weighted by Gasteiger charge is -2.17. The number of carbonyl (C=O) groups is 2. The van der Waals surface area contributed by atoms with E-state index in [0.29, 0.717) is 11.6 Å². The molecule has 0 spiro atoms. The molecular weight excluding hydrogens is 308 g/mol. The van der Waals surface area contributed by atoms with Gasteiger partial charge in [-0.3, -0.25) is 14.5 Å². The minimum Gasteiger partial charge on any atom is -0.378 e. The molecular formula is C17H22N4O3. The molecule has 0 saturated heterocycles. The summed E-state index contributed by atoms with van der Waals surface area (Å²) >= 11 is 0. The van der Waals surface area contributed by atoms with Crippen LogP contribution in [-0.2, 0) is 9.59 Å². The van der Waals surface area contributed by atoms with Crippen LogP contribution in [0.4, 0.5) is 17.2 Å². The van der Waals surface area contributed by atoms with Crippen LogP contribution in [0.25, 0.3) is 0 Å². The van der Waals surface area contributed by atoms with Crippen molar-refractivity contribution in [1.29, 1.82) is 0 Å². The van der Waals surface area contributed by atoms with E-state index >= 15 is 0 Å². The van der Waals surface area contributed by atoms with Gasteiger partial charge in [0.25, 0.3) is 0 Å². The average Bonchev–Trinajstić information content (AvgIpc) is 2.94. The zero-order chi connectivity index (χ0) is 17.7. The summed E-state index contributed by atoms with van der Waals surface area (Å²) in [6.07, 6.45) is 0.168. The summed E-state index contributed by atoms with van der Waals surface area (Å²) in [7, 11) is 3.91. The fourth-order valence-electron chi connectivity index (χ4n) is 2.19. The zero-order valence-electron chi connectivity index (χ0n) is 14.4. The number of nitrogens with zero attached hydrogens (tertiary/aromatic N) is 3. The van der Waals surface area contributed by atoms with Crippen LogP contribution >= 0.6 is 0 Å². The molecule has 0 bridgehead atoms. The Hall–Kier alpha value is -2.83. The lowest BCUT2D eigenvalue weighted by Crippen LogP contribution is -2.32. The molecule has 0 aliphatic heterocycles. The fraction of sp³-hybridized carbons (Fsp3) is 0.353. The molecule has 0 aliphatic carbocycles. The molecule has 1 aromatic carbocycles. The van der Waals surface area contributed by atoms with Gasteiger partial charge < -0.3 is 14.7 Å². The van der Waals surface area contributed by atoms with Gasteiger partial charge in [0.2, 0.25) is 11.8 Å². The molecule has 0 radical (unpaired) electrons. The SMILES string of the molecule is CC(=O)N(CCC(=O)Nc1ccc(N(C)C)cc1)c1cc(C)on1. The van der Waals surface area contributed by atoms with Crippen molar-refractivity contribution >= 4 is 29.0 Å². The van der Waals surface area contributed by atoms with Gasteiger partial charge in [-0.25, -0.2) is 0 Å². The van der Waals surface area contributed by atoms with E-state index in [-0.39, 0.29) is 24.8 Å². The molecule has 7 nitrogen and oxygen atoms in total. The van der Waals surface area contributed by atoms with E-state index in [2.05, 4.69) is 10.5 Å². The molecule has 2 amide bonds. The number of aryl methyl sites for hydroxylation is 1. The fourth-order valence-corrected chi connectivity index (χ4v) is 2.19. The van der Waals surface area contributed by atoms with Crippen molar-refractivity contribution in [3.05, 3.63) is 36.1 Å². The van der Waals surface area contributed by atoms with Gasteiger partial charge in [0.15, 0.2) is 5.82 Å². The lowest BCUT2D eigenvalue weighted by atomic mass is 10.2. The highest BCUT2D eigenvalue weighted by molar-refractivity contribution is 5.94. The number of nitrogens with one attached hydrogen (secondary N) is 1. The van der Waals surface area contributed by atoms with Gasteiger partial charge in [-0.1, -0.05) is 5.16 Å². The molecule has 0 saturated carbocycles. The number of hydrogen-bond acceptors (Lipinski definition) is 5. The molecule has 0 unspecified atom stereocenters. The minimum atomic E-state index is -0.188. The van der Waals surface area contributed by atoms with Crippen LogP contribution in [0.2, 0.25) is 0 Å². The summed E-state index contributed by atoms with van der Waals surface area (Å²) in [4.78, 5) is 27.2. The highest BCUT2D eigenvalue weighted by Gasteiger charge is 2.17. The highest BCUT2D eigenvalue weighted by atomic mass is 16.5. The van der Waals surface area contributed by atoms with Crippen LogP contribution in [0, 0.1) is 6.92 Å². The zero-order valence-corrected chi connectivity index (χ0v) is 14.4. The smallest absolute Gasteiger partial charge is 0.226 e. The van der Waals surface area contributed by atoms with Crippen molar-refractivity contribution in [2.75, 3.05) is 35.8 Å². The van der Waals surface area contributed by atoms with Crippen LogP contribution < -0.4 is 15.1 Å². The number of anilines is 3. The Bertz CT molecular complexity index is 707. The molecule has 2 aromatic rings. The van der Waals surface area contributed by atoms with Crippen molar-refractivity contribution < 1.29 is 14.1 Å². The first-order chi connectivity index (χ1) is 11.4. The number of amides is 2. The van der Waals surface area contributed by atoms with Crippen molar-refractivity contribution in [3.8, 4) is 0 Å². The van der Waals surface area contributed by atoms with E-state index < -0.39 is 0 Å². The molecule has 2 rings (SSSR count). The Morgan fingerprint density at radius 3 is 2.38 bits per heavy atom.